The average molecular weight is 449 g/mol. The van der Waals surface area contributed by atoms with E-state index in [-0.39, 0.29) is 0 Å². The molecule has 1 fully saturated rings. The Morgan fingerprint density at radius 1 is 0.879 bits per heavy atom. The smallest absolute Gasteiger partial charge is 0.328 e. The standard InChI is InChI=1S/C23H28N2.C4H4O4/c1-18-17-23-21(19-7-4-3-5-8-19)9-6-10-22(23)20(18)11-12-25-15-13-24(2)14-16-25;5-3(6)1-2-4(7)8/h3-10H,11-17H2,1-2H3;1-2H,(H,5,6)(H,7,8)/b;2-1-. The molecule has 33 heavy (non-hydrogen) atoms. The predicted octanol–water partition coefficient (Wildman–Crippen LogP) is 4.03. The van der Waals surface area contributed by atoms with Crippen LogP contribution in [0.3, 0.4) is 0 Å². The number of rotatable bonds is 6. The van der Waals surface area contributed by atoms with E-state index in [2.05, 4.69) is 72.3 Å². The second-order valence-corrected chi connectivity index (χ2v) is 8.54. The summed E-state index contributed by atoms with van der Waals surface area (Å²) in [5.74, 6) is -2.51. The zero-order valence-electron chi connectivity index (χ0n) is 19.3. The number of hydrogen-bond donors (Lipinski definition) is 2. The molecule has 2 aromatic rings. The summed E-state index contributed by atoms with van der Waals surface area (Å²) in [7, 11) is 2.22. The molecule has 0 bridgehead atoms. The third-order valence-electron chi connectivity index (χ3n) is 6.19. The van der Waals surface area contributed by atoms with Gasteiger partial charge in [-0.3, -0.25) is 0 Å². The lowest BCUT2D eigenvalue weighted by atomic mass is 9.94. The van der Waals surface area contributed by atoms with E-state index in [0.717, 1.165) is 6.42 Å². The number of carbonyl (C=O) groups is 2. The fourth-order valence-corrected chi connectivity index (χ4v) is 4.38. The van der Waals surface area contributed by atoms with Crippen LogP contribution in [0.2, 0.25) is 0 Å². The molecule has 0 radical (unpaired) electrons. The normalized spacial score (nSPS) is 16.4. The summed E-state index contributed by atoms with van der Waals surface area (Å²) in [6.07, 6.45) is 3.41. The van der Waals surface area contributed by atoms with E-state index < -0.39 is 11.9 Å². The van der Waals surface area contributed by atoms with Gasteiger partial charge < -0.3 is 20.0 Å². The highest BCUT2D eigenvalue weighted by molar-refractivity contribution is 5.89. The number of aliphatic carboxylic acids is 2. The van der Waals surface area contributed by atoms with Gasteiger partial charge in [0.2, 0.25) is 0 Å². The van der Waals surface area contributed by atoms with Gasteiger partial charge in [0.05, 0.1) is 0 Å². The van der Waals surface area contributed by atoms with Gasteiger partial charge in [-0.1, -0.05) is 54.1 Å². The number of benzene rings is 2. The zero-order valence-corrected chi connectivity index (χ0v) is 19.3. The van der Waals surface area contributed by atoms with Crippen LogP contribution in [0.4, 0.5) is 0 Å². The van der Waals surface area contributed by atoms with E-state index in [1.54, 1.807) is 11.1 Å². The number of allylic oxidation sites excluding steroid dienone is 1. The number of fused-ring (bicyclic) bond motifs is 1. The molecule has 1 saturated heterocycles. The van der Waals surface area contributed by atoms with Gasteiger partial charge in [0.25, 0.3) is 0 Å². The van der Waals surface area contributed by atoms with Crippen LogP contribution in [0, 0.1) is 0 Å². The largest absolute Gasteiger partial charge is 0.478 e. The number of nitrogens with zero attached hydrogens (tertiary/aromatic N) is 2. The Labute approximate surface area is 195 Å². The van der Waals surface area contributed by atoms with Crippen molar-refractivity contribution in [3.8, 4) is 11.1 Å². The van der Waals surface area contributed by atoms with Crippen molar-refractivity contribution in [3.63, 3.8) is 0 Å². The molecule has 174 valence electrons. The lowest BCUT2D eigenvalue weighted by Gasteiger charge is -2.32. The Bertz CT molecular complexity index is 1020. The summed E-state index contributed by atoms with van der Waals surface area (Å²) in [5.41, 5.74) is 8.92. The van der Waals surface area contributed by atoms with Gasteiger partial charge in [-0.25, -0.2) is 9.59 Å². The van der Waals surface area contributed by atoms with Crippen LogP contribution in [0.15, 0.2) is 66.3 Å². The van der Waals surface area contributed by atoms with Crippen molar-refractivity contribution in [2.24, 2.45) is 0 Å². The van der Waals surface area contributed by atoms with Crippen LogP contribution in [0.5, 0.6) is 0 Å². The van der Waals surface area contributed by atoms with E-state index in [1.807, 2.05) is 0 Å². The van der Waals surface area contributed by atoms with Crippen LogP contribution in [0.1, 0.15) is 24.5 Å². The highest BCUT2D eigenvalue weighted by atomic mass is 16.4. The first kappa shape index (κ1) is 24.4. The average Bonchev–Trinajstić information content (AvgIpc) is 3.13. The molecule has 0 aromatic heterocycles. The van der Waals surface area contributed by atoms with Crippen molar-refractivity contribution in [1.29, 1.82) is 0 Å². The van der Waals surface area contributed by atoms with E-state index >= 15 is 0 Å². The van der Waals surface area contributed by atoms with Gasteiger partial charge >= 0.3 is 11.9 Å². The van der Waals surface area contributed by atoms with E-state index in [9.17, 15) is 9.59 Å². The quantitative estimate of drug-likeness (QED) is 0.650. The molecule has 2 aliphatic rings. The summed E-state index contributed by atoms with van der Waals surface area (Å²) in [5, 5.41) is 15.6. The highest BCUT2D eigenvalue weighted by Gasteiger charge is 2.23. The van der Waals surface area contributed by atoms with Crippen LogP contribution >= 0.6 is 0 Å². The minimum atomic E-state index is -1.26. The zero-order chi connectivity index (χ0) is 23.8. The number of piperazine rings is 1. The molecule has 6 nitrogen and oxygen atoms in total. The molecule has 2 N–H and O–H groups in total. The maximum atomic E-state index is 9.55. The molecule has 0 unspecified atom stereocenters. The first-order valence-electron chi connectivity index (χ1n) is 11.3. The Balaban J connectivity index is 0.000000331. The molecule has 1 aliphatic heterocycles. The van der Waals surface area contributed by atoms with Gasteiger partial charge in [-0.05, 0) is 54.6 Å². The monoisotopic (exact) mass is 448 g/mol. The molecule has 0 saturated carbocycles. The lowest BCUT2D eigenvalue weighted by molar-refractivity contribution is -0.134. The summed E-state index contributed by atoms with van der Waals surface area (Å²) in [6.45, 7) is 8.34. The van der Waals surface area contributed by atoms with Crippen molar-refractivity contribution >= 4 is 17.5 Å². The third kappa shape index (κ3) is 6.88. The molecule has 1 aliphatic carbocycles. The fourth-order valence-electron chi connectivity index (χ4n) is 4.38. The molecular weight excluding hydrogens is 416 g/mol. The Morgan fingerprint density at radius 2 is 1.48 bits per heavy atom. The molecular formula is C27H32N2O4. The predicted molar refractivity (Wildman–Crippen MR) is 131 cm³/mol. The summed E-state index contributed by atoms with van der Waals surface area (Å²) in [4.78, 5) is 24.2. The van der Waals surface area contributed by atoms with E-state index in [4.69, 9.17) is 10.2 Å². The Morgan fingerprint density at radius 3 is 2.09 bits per heavy atom. The third-order valence-corrected chi connectivity index (χ3v) is 6.19. The molecule has 2 aromatic carbocycles. The number of carboxylic acids is 2. The lowest BCUT2D eigenvalue weighted by Crippen LogP contribution is -2.44. The van der Waals surface area contributed by atoms with Crippen molar-refractivity contribution in [3.05, 3.63) is 77.4 Å². The van der Waals surface area contributed by atoms with Crippen LogP contribution in [0.25, 0.3) is 16.7 Å². The van der Waals surface area contributed by atoms with Gasteiger partial charge in [-0.2, -0.15) is 0 Å². The second kappa shape index (κ2) is 11.6. The van der Waals surface area contributed by atoms with Crippen molar-refractivity contribution in [2.75, 3.05) is 39.8 Å². The maximum Gasteiger partial charge on any atom is 0.328 e. The topological polar surface area (TPSA) is 81.1 Å². The molecule has 0 amide bonds. The Kier molecular flexibility index (Phi) is 8.58. The summed E-state index contributed by atoms with van der Waals surface area (Å²) >= 11 is 0. The number of likely N-dealkylation sites (N-methyl/N-ethyl adjacent to an activating group) is 1. The first-order valence-corrected chi connectivity index (χ1v) is 11.3. The number of carboxylic acid groups (broad SMARTS) is 2. The molecule has 0 atom stereocenters. The molecule has 6 heteroatoms. The van der Waals surface area contributed by atoms with Crippen LogP contribution in [-0.4, -0.2) is 71.7 Å². The highest BCUT2D eigenvalue weighted by Crippen LogP contribution is 2.40. The molecule has 0 spiro atoms. The maximum absolute atomic E-state index is 9.55. The van der Waals surface area contributed by atoms with E-state index in [1.165, 1.54) is 61.4 Å². The second-order valence-electron chi connectivity index (χ2n) is 8.54. The Hall–Kier alpha value is -3.22. The van der Waals surface area contributed by atoms with Gasteiger partial charge in [0, 0.05) is 44.9 Å². The van der Waals surface area contributed by atoms with Gasteiger partial charge in [0.15, 0.2) is 0 Å². The SMILES string of the molecule is CC1=C(CCN2CCN(C)CC2)c2cccc(-c3ccccc3)c2C1.O=C(O)/C=C\C(=O)O. The van der Waals surface area contributed by atoms with Crippen LogP contribution in [-0.2, 0) is 16.0 Å². The minimum absolute atomic E-state index is 0.558. The molecule has 4 rings (SSSR count). The van der Waals surface area contributed by atoms with E-state index in [0.29, 0.717) is 12.2 Å². The molecule has 1 heterocycles. The fraction of sp³-hybridized carbons (Fsp3) is 0.333. The summed E-state index contributed by atoms with van der Waals surface area (Å²) < 4.78 is 0. The summed E-state index contributed by atoms with van der Waals surface area (Å²) in [6, 6.07) is 17.7. The van der Waals surface area contributed by atoms with Gasteiger partial charge in [-0.15, -0.1) is 0 Å². The van der Waals surface area contributed by atoms with Crippen molar-refractivity contribution < 1.29 is 19.8 Å². The van der Waals surface area contributed by atoms with Gasteiger partial charge in [0.1, 0.15) is 0 Å². The van der Waals surface area contributed by atoms with Crippen molar-refractivity contribution in [1.82, 2.24) is 9.80 Å². The number of hydrogen-bond acceptors (Lipinski definition) is 4. The van der Waals surface area contributed by atoms with Crippen LogP contribution < -0.4 is 0 Å². The first-order chi connectivity index (χ1) is 15.8. The minimum Gasteiger partial charge on any atom is -0.478 e. The van der Waals surface area contributed by atoms with Crippen molar-refractivity contribution in [2.45, 2.75) is 19.8 Å².